The van der Waals surface area contributed by atoms with Crippen LogP contribution < -0.4 is 0 Å². The zero-order chi connectivity index (χ0) is 17.8. The molecule has 0 heterocycles. The number of benzene rings is 1. The lowest BCUT2D eigenvalue weighted by Gasteiger charge is -2.07. The molecule has 0 radical (unpaired) electrons. The third-order valence-corrected chi connectivity index (χ3v) is 5.87. The standard InChI is InChI=1S/C21H32O2S/c1-4-6-8-9-10-12-14-20(13-11-7-5-2)24(22,23)21-17-15-19(3)16-18-21/h12-18H,4-11H2,1-3H3/b14-12+,20-13-. The molecule has 0 spiro atoms. The fourth-order valence-corrected chi connectivity index (χ4v) is 3.84. The van der Waals surface area contributed by atoms with Gasteiger partial charge in [0.1, 0.15) is 0 Å². The molecule has 1 aromatic rings. The van der Waals surface area contributed by atoms with Gasteiger partial charge >= 0.3 is 0 Å². The molecule has 0 aliphatic carbocycles. The Balaban J connectivity index is 2.89. The van der Waals surface area contributed by atoms with E-state index in [-0.39, 0.29) is 0 Å². The molecule has 2 nitrogen and oxygen atoms in total. The topological polar surface area (TPSA) is 34.1 Å². The van der Waals surface area contributed by atoms with Gasteiger partial charge in [-0.05, 0) is 44.4 Å². The van der Waals surface area contributed by atoms with Crippen LogP contribution in [0.3, 0.4) is 0 Å². The summed E-state index contributed by atoms with van der Waals surface area (Å²) in [5.74, 6) is 0. The molecule has 134 valence electrons. The third kappa shape index (κ3) is 7.04. The summed E-state index contributed by atoms with van der Waals surface area (Å²) in [5.41, 5.74) is 1.07. The largest absolute Gasteiger partial charge is 0.219 e. The van der Waals surface area contributed by atoms with Crippen LogP contribution >= 0.6 is 0 Å². The van der Waals surface area contributed by atoms with Crippen LogP contribution in [-0.2, 0) is 9.84 Å². The lowest BCUT2D eigenvalue weighted by molar-refractivity contribution is 0.602. The molecule has 1 rings (SSSR count). The number of unbranched alkanes of at least 4 members (excludes halogenated alkanes) is 6. The number of allylic oxidation sites excluding steroid dienone is 3. The van der Waals surface area contributed by atoms with Crippen molar-refractivity contribution in [3.05, 3.63) is 53.0 Å². The summed E-state index contributed by atoms with van der Waals surface area (Å²) in [5, 5.41) is 0. The molecule has 24 heavy (non-hydrogen) atoms. The van der Waals surface area contributed by atoms with Crippen molar-refractivity contribution in [2.45, 2.75) is 77.0 Å². The van der Waals surface area contributed by atoms with E-state index in [0.29, 0.717) is 9.80 Å². The molecular weight excluding hydrogens is 316 g/mol. The highest BCUT2D eigenvalue weighted by molar-refractivity contribution is 7.95. The Kier molecular flexibility index (Phi) is 9.70. The lowest BCUT2D eigenvalue weighted by Crippen LogP contribution is -2.03. The first-order valence-electron chi connectivity index (χ1n) is 9.20. The van der Waals surface area contributed by atoms with Gasteiger partial charge in [0.2, 0.25) is 9.84 Å². The first-order chi connectivity index (χ1) is 11.5. The van der Waals surface area contributed by atoms with Crippen molar-refractivity contribution in [2.24, 2.45) is 0 Å². The molecule has 0 atom stereocenters. The van der Waals surface area contributed by atoms with E-state index in [4.69, 9.17) is 0 Å². The quantitative estimate of drug-likeness (QED) is 0.344. The minimum atomic E-state index is -3.42. The van der Waals surface area contributed by atoms with E-state index in [1.807, 2.05) is 31.2 Å². The van der Waals surface area contributed by atoms with Crippen LogP contribution in [0.1, 0.15) is 70.8 Å². The monoisotopic (exact) mass is 348 g/mol. The predicted octanol–water partition coefficient (Wildman–Crippen LogP) is 6.37. The fourth-order valence-electron chi connectivity index (χ4n) is 2.46. The van der Waals surface area contributed by atoms with E-state index < -0.39 is 9.84 Å². The molecule has 0 N–H and O–H groups in total. The van der Waals surface area contributed by atoms with Crippen molar-refractivity contribution in [3.8, 4) is 0 Å². The molecule has 1 aromatic carbocycles. The molecule has 0 saturated carbocycles. The Morgan fingerprint density at radius 1 is 0.917 bits per heavy atom. The molecule has 0 aromatic heterocycles. The first-order valence-corrected chi connectivity index (χ1v) is 10.7. The maximum absolute atomic E-state index is 12.9. The Morgan fingerprint density at radius 2 is 1.58 bits per heavy atom. The van der Waals surface area contributed by atoms with Crippen LogP contribution in [0.5, 0.6) is 0 Å². The van der Waals surface area contributed by atoms with E-state index in [2.05, 4.69) is 13.8 Å². The Bertz CT molecular complexity index is 622. The zero-order valence-corrected chi connectivity index (χ0v) is 16.2. The highest BCUT2D eigenvalue weighted by atomic mass is 32.2. The van der Waals surface area contributed by atoms with Gasteiger partial charge in [-0.15, -0.1) is 0 Å². The van der Waals surface area contributed by atoms with E-state index in [1.165, 1.54) is 19.3 Å². The average Bonchev–Trinajstić information content (AvgIpc) is 2.56. The van der Waals surface area contributed by atoms with Crippen molar-refractivity contribution in [1.82, 2.24) is 0 Å². The summed E-state index contributed by atoms with van der Waals surface area (Å²) in [7, 11) is -3.42. The van der Waals surface area contributed by atoms with Crippen molar-refractivity contribution in [2.75, 3.05) is 0 Å². The van der Waals surface area contributed by atoms with Crippen LogP contribution in [-0.4, -0.2) is 8.42 Å². The number of rotatable bonds is 11. The molecule has 0 unspecified atom stereocenters. The van der Waals surface area contributed by atoms with Crippen molar-refractivity contribution < 1.29 is 8.42 Å². The fraction of sp³-hybridized carbons (Fsp3) is 0.524. The Labute approximate surface area is 148 Å². The van der Waals surface area contributed by atoms with Gasteiger partial charge < -0.3 is 0 Å². The van der Waals surface area contributed by atoms with Gasteiger partial charge in [0, 0.05) is 0 Å². The zero-order valence-electron chi connectivity index (χ0n) is 15.4. The normalized spacial score (nSPS) is 12.9. The highest BCUT2D eigenvalue weighted by Gasteiger charge is 2.18. The SMILES string of the molecule is CCCC/C=C(/C=C/CCCCCC)S(=O)(=O)c1ccc(C)cc1. The molecule has 0 aliphatic rings. The van der Waals surface area contributed by atoms with Crippen molar-refractivity contribution in [3.63, 3.8) is 0 Å². The molecule has 0 fully saturated rings. The maximum atomic E-state index is 12.9. The second-order valence-electron chi connectivity index (χ2n) is 6.32. The number of aryl methyl sites for hydroxylation is 1. The average molecular weight is 349 g/mol. The van der Waals surface area contributed by atoms with Gasteiger partial charge in [-0.25, -0.2) is 8.42 Å². The summed E-state index contributed by atoms with van der Waals surface area (Å²) in [6, 6.07) is 7.11. The maximum Gasteiger partial charge on any atom is 0.206 e. The van der Waals surface area contributed by atoms with Crippen LogP contribution in [0.4, 0.5) is 0 Å². The highest BCUT2D eigenvalue weighted by Crippen LogP contribution is 2.22. The van der Waals surface area contributed by atoms with Gasteiger partial charge in [0.25, 0.3) is 0 Å². The summed E-state index contributed by atoms with van der Waals surface area (Å²) in [6.07, 6.45) is 14.3. The van der Waals surface area contributed by atoms with E-state index in [9.17, 15) is 8.42 Å². The summed E-state index contributed by atoms with van der Waals surface area (Å²) >= 11 is 0. The second-order valence-corrected chi connectivity index (χ2v) is 8.27. The summed E-state index contributed by atoms with van der Waals surface area (Å²) < 4.78 is 25.8. The predicted molar refractivity (Wildman–Crippen MR) is 104 cm³/mol. The van der Waals surface area contributed by atoms with E-state index >= 15 is 0 Å². The van der Waals surface area contributed by atoms with Gasteiger partial charge in [-0.1, -0.05) is 75.8 Å². The van der Waals surface area contributed by atoms with Crippen LogP contribution in [0.2, 0.25) is 0 Å². The Hall–Kier alpha value is -1.35. The van der Waals surface area contributed by atoms with Gasteiger partial charge in [0.15, 0.2) is 0 Å². The Morgan fingerprint density at radius 3 is 2.21 bits per heavy atom. The van der Waals surface area contributed by atoms with Crippen LogP contribution in [0, 0.1) is 6.92 Å². The number of hydrogen-bond acceptors (Lipinski definition) is 2. The molecule has 0 aliphatic heterocycles. The minimum Gasteiger partial charge on any atom is -0.219 e. The molecule has 0 amide bonds. The molecule has 0 saturated heterocycles. The van der Waals surface area contributed by atoms with Crippen LogP contribution in [0.15, 0.2) is 52.3 Å². The lowest BCUT2D eigenvalue weighted by atomic mass is 10.1. The van der Waals surface area contributed by atoms with E-state index in [1.54, 1.807) is 18.2 Å². The first kappa shape index (κ1) is 20.7. The minimum absolute atomic E-state index is 0.381. The van der Waals surface area contributed by atoms with Crippen molar-refractivity contribution in [1.29, 1.82) is 0 Å². The smallest absolute Gasteiger partial charge is 0.206 e. The van der Waals surface area contributed by atoms with Crippen LogP contribution in [0.25, 0.3) is 0 Å². The van der Waals surface area contributed by atoms with Gasteiger partial charge in [0.05, 0.1) is 9.80 Å². The third-order valence-electron chi connectivity index (χ3n) is 4.05. The van der Waals surface area contributed by atoms with Crippen molar-refractivity contribution >= 4 is 9.84 Å². The molecular formula is C21H32O2S. The van der Waals surface area contributed by atoms with E-state index in [0.717, 1.165) is 37.7 Å². The van der Waals surface area contributed by atoms with Gasteiger partial charge in [-0.3, -0.25) is 0 Å². The number of sulfone groups is 1. The number of hydrogen-bond donors (Lipinski definition) is 0. The second kappa shape index (κ2) is 11.2. The molecule has 0 bridgehead atoms. The van der Waals surface area contributed by atoms with Gasteiger partial charge in [-0.2, -0.15) is 0 Å². The summed E-state index contributed by atoms with van der Waals surface area (Å²) in [6.45, 7) is 6.27. The molecule has 3 heteroatoms. The summed E-state index contributed by atoms with van der Waals surface area (Å²) in [4.78, 5) is 0.821.